The Morgan fingerprint density at radius 1 is 0.639 bits per heavy atom. The number of carbonyl (C=O) groups is 8. The van der Waals surface area contributed by atoms with E-state index in [0.717, 1.165) is 0 Å². The van der Waals surface area contributed by atoms with Crippen molar-refractivity contribution >= 4 is 53.2 Å². The monoisotopic (exact) mass is 864 g/mol. The second kappa shape index (κ2) is 27.8. The molecule has 19 heteroatoms. The molecule has 0 aliphatic carbocycles. The number of nitrogens with two attached hydrogens (primary N) is 2. The summed E-state index contributed by atoms with van der Waals surface area (Å²) in [6.45, 7) is 18.6. The molecule has 348 valence electrons. The second-order valence-electron chi connectivity index (χ2n) is 16.5. The van der Waals surface area contributed by atoms with Gasteiger partial charge in [0.15, 0.2) is 5.96 Å². The maximum absolute atomic E-state index is 14.1. The number of rotatable bonds is 27. The van der Waals surface area contributed by atoms with Gasteiger partial charge >= 0.3 is 0 Å². The minimum Gasteiger partial charge on any atom is -0.370 e. The van der Waals surface area contributed by atoms with Crippen molar-refractivity contribution in [2.45, 2.75) is 176 Å². The highest BCUT2D eigenvalue weighted by Gasteiger charge is 2.39. The lowest BCUT2D eigenvalue weighted by atomic mass is 9.95. The fourth-order valence-electron chi connectivity index (χ4n) is 7.12. The maximum atomic E-state index is 14.1. The van der Waals surface area contributed by atoms with Crippen molar-refractivity contribution in [2.75, 3.05) is 19.6 Å². The van der Waals surface area contributed by atoms with Gasteiger partial charge in [0, 0.05) is 26.6 Å². The number of guanidine groups is 1. The van der Waals surface area contributed by atoms with Crippen LogP contribution in [0.2, 0.25) is 0 Å². The summed E-state index contributed by atoms with van der Waals surface area (Å²) < 4.78 is 0. The molecule has 9 atom stereocenters. The van der Waals surface area contributed by atoms with Gasteiger partial charge in [0.2, 0.25) is 47.3 Å². The van der Waals surface area contributed by atoms with Gasteiger partial charge in [0.25, 0.3) is 0 Å². The molecule has 0 saturated carbocycles. The standard InChI is InChI=1S/C42H77N11O8/c1-11-18-28(49-39(59)34(26(9)14-4)52-38(58)32(24(6)7)47-27(10)54)35(55)48-29(19-12-2)36(56)51-33(25(8)13-3)40(60)50-30(20-16-22-46-42(43)44)41(61)53-23-17-21-31(53)37(57)45-15-5/h24-26,28-34H,11-23H2,1-10H3,(H,45,57)(H,47,54)(H,48,55)(H,49,59)(H,50,60)(H,51,56)(H,52,58)(H4,43,44,46)/t25-,26-,28-,29-,30-,31-,32-,33-,34+/m0/s1. The summed E-state index contributed by atoms with van der Waals surface area (Å²) in [5.41, 5.74) is 11.0. The zero-order chi connectivity index (χ0) is 46.4. The van der Waals surface area contributed by atoms with Gasteiger partial charge in [-0.25, -0.2) is 0 Å². The fourth-order valence-corrected chi connectivity index (χ4v) is 7.12. The van der Waals surface area contributed by atoms with Crippen LogP contribution in [0.4, 0.5) is 0 Å². The average Bonchev–Trinajstić information content (AvgIpc) is 3.71. The summed E-state index contributed by atoms with van der Waals surface area (Å²) in [6.07, 6.45) is 4.06. The highest BCUT2D eigenvalue weighted by Crippen LogP contribution is 2.21. The number of likely N-dealkylation sites (tertiary alicyclic amines) is 1. The Bertz CT molecular complexity index is 1500. The molecule has 1 heterocycles. The lowest BCUT2D eigenvalue weighted by molar-refractivity contribution is -0.142. The molecular weight excluding hydrogens is 787 g/mol. The second-order valence-corrected chi connectivity index (χ2v) is 16.5. The number of aliphatic imine (C=N–C) groups is 1. The lowest BCUT2D eigenvalue weighted by Crippen LogP contribution is -2.61. The van der Waals surface area contributed by atoms with Crippen molar-refractivity contribution < 1.29 is 38.4 Å². The molecule has 0 bridgehead atoms. The molecule has 1 aliphatic heterocycles. The normalized spacial score (nSPS) is 17.6. The fraction of sp³-hybridized carbons (Fsp3) is 0.786. The molecule has 0 unspecified atom stereocenters. The predicted molar refractivity (Wildman–Crippen MR) is 234 cm³/mol. The van der Waals surface area contributed by atoms with Crippen molar-refractivity contribution in [2.24, 2.45) is 34.2 Å². The van der Waals surface area contributed by atoms with Crippen molar-refractivity contribution in [3.05, 3.63) is 0 Å². The van der Waals surface area contributed by atoms with E-state index in [9.17, 15) is 38.4 Å². The van der Waals surface area contributed by atoms with Crippen LogP contribution in [-0.4, -0.2) is 120 Å². The summed E-state index contributed by atoms with van der Waals surface area (Å²) in [7, 11) is 0. The zero-order valence-electron chi connectivity index (χ0n) is 38.3. The maximum Gasteiger partial charge on any atom is 0.245 e. The van der Waals surface area contributed by atoms with Gasteiger partial charge in [0.1, 0.15) is 42.3 Å². The van der Waals surface area contributed by atoms with Gasteiger partial charge in [-0.15, -0.1) is 0 Å². The van der Waals surface area contributed by atoms with E-state index in [2.05, 4.69) is 42.2 Å². The summed E-state index contributed by atoms with van der Waals surface area (Å²) >= 11 is 0. The Morgan fingerprint density at radius 2 is 1.11 bits per heavy atom. The van der Waals surface area contributed by atoms with E-state index in [1.807, 2.05) is 27.7 Å². The number of carbonyl (C=O) groups excluding carboxylic acids is 8. The topological polar surface area (TPSA) is 288 Å². The minimum absolute atomic E-state index is 0.113. The molecule has 0 aromatic heterocycles. The molecule has 1 saturated heterocycles. The molecule has 8 amide bonds. The number of hydrogen-bond donors (Lipinski definition) is 9. The Balaban J connectivity index is 3.33. The van der Waals surface area contributed by atoms with E-state index >= 15 is 0 Å². The van der Waals surface area contributed by atoms with Crippen LogP contribution in [0.1, 0.15) is 133 Å². The van der Waals surface area contributed by atoms with Gasteiger partial charge in [-0.1, -0.05) is 81.1 Å². The van der Waals surface area contributed by atoms with E-state index < -0.39 is 83.7 Å². The first-order chi connectivity index (χ1) is 28.8. The van der Waals surface area contributed by atoms with E-state index in [1.165, 1.54) is 11.8 Å². The smallest absolute Gasteiger partial charge is 0.245 e. The van der Waals surface area contributed by atoms with E-state index in [-0.39, 0.29) is 55.4 Å². The molecular formula is C42H77N11O8. The highest BCUT2D eigenvalue weighted by atomic mass is 16.2. The molecule has 1 aliphatic rings. The first-order valence-corrected chi connectivity index (χ1v) is 22.2. The molecule has 0 aromatic rings. The Kier molecular flexibility index (Phi) is 24.6. The molecule has 61 heavy (non-hydrogen) atoms. The number of likely N-dealkylation sites (N-methyl/N-ethyl adjacent to an activating group) is 1. The van der Waals surface area contributed by atoms with Gasteiger partial charge in [0.05, 0.1) is 0 Å². The first kappa shape index (κ1) is 54.0. The summed E-state index contributed by atoms with van der Waals surface area (Å²) in [5.74, 6) is -5.12. The van der Waals surface area contributed by atoms with Gasteiger partial charge in [-0.3, -0.25) is 43.3 Å². The van der Waals surface area contributed by atoms with E-state index in [1.54, 1.807) is 34.6 Å². The molecule has 1 fully saturated rings. The summed E-state index contributed by atoms with van der Waals surface area (Å²) in [5, 5.41) is 19.4. The Labute approximate surface area is 362 Å². The van der Waals surface area contributed by atoms with Crippen molar-refractivity contribution in [3.63, 3.8) is 0 Å². The molecule has 0 radical (unpaired) electrons. The highest BCUT2D eigenvalue weighted by molar-refractivity contribution is 5.98. The number of nitrogens with zero attached hydrogens (tertiary/aromatic N) is 2. The van der Waals surface area contributed by atoms with Gasteiger partial charge in [-0.2, -0.15) is 0 Å². The minimum atomic E-state index is -1.10. The quantitative estimate of drug-likeness (QED) is 0.0312. The largest absolute Gasteiger partial charge is 0.370 e. The Morgan fingerprint density at radius 3 is 1.57 bits per heavy atom. The van der Waals surface area contributed by atoms with Gasteiger partial charge in [-0.05, 0) is 63.2 Å². The lowest BCUT2D eigenvalue weighted by Gasteiger charge is -2.31. The third-order valence-electron chi connectivity index (χ3n) is 11.1. The molecule has 1 rings (SSSR count). The molecule has 0 aromatic carbocycles. The van der Waals surface area contributed by atoms with Crippen LogP contribution in [0.25, 0.3) is 0 Å². The molecule has 0 spiro atoms. The average molecular weight is 864 g/mol. The van der Waals surface area contributed by atoms with Crippen molar-refractivity contribution in [3.8, 4) is 0 Å². The molecule has 19 nitrogen and oxygen atoms in total. The summed E-state index contributed by atoms with van der Waals surface area (Å²) in [6, 6.07) is -6.86. The van der Waals surface area contributed by atoms with Crippen LogP contribution >= 0.6 is 0 Å². The first-order valence-electron chi connectivity index (χ1n) is 22.2. The van der Waals surface area contributed by atoms with Crippen LogP contribution in [-0.2, 0) is 38.4 Å². The predicted octanol–water partition coefficient (Wildman–Crippen LogP) is 0.444. The van der Waals surface area contributed by atoms with Crippen LogP contribution in [0, 0.1) is 17.8 Å². The number of hydrogen-bond acceptors (Lipinski definition) is 9. The van der Waals surface area contributed by atoms with Crippen LogP contribution < -0.4 is 48.7 Å². The van der Waals surface area contributed by atoms with Crippen LogP contribution in [0.5, 0.6) is 0 Å². The third-order valence-corrected chi connectivity index (χ3v) is 11.1. The summed E-state index contributed by atoms with van der Waals surface area (Å²) in [4.78, 5) is 113. The zero-order valence-corrected chi connectivity index (χ0v) is 38.3. The van der Waals surface area contributed by atoms with Crippen molar-refractivity contribution in [1.82, 2.24) is 42.1 Å². The van der Waals surface area contributed by atoms with Crippen LogP contribution in [0.3, 0.4) is 0 Å². The van der Waals surface area contributed by atoms with Crippen molar-refractivity contribution in [1.29, 1.82) is 0 Å². The Hall–Kier alpha value is -4.97. The number of nitrogens with one attached hydrogen (secondary N) is 7. The third kappa shape index (κ3) is 17.9. The van der Waals surface area contributed by atoms with Crippen LogP contribution in [0.15, 0.2) is 4.99 Å². The van der Waals surface area contributed by atoms with Gasteiger partial charge < -0.3 is 53.6 Å². The van der Waals surface area contributed by atoms with E-state index in [4.69, 9.17) is 11.5 Å². The molecule has 11 N–H and O–H groups in total. The van der Waals surface area contributed by atoms with E-state index in [0.29, 0.717) is 58.0 Å². The SMILES string of the molecule is CCC[C@H](NC(=O)[C@H](CCC)NC(=O)[C@H](NC(=O)[C@@H](NC(C)=O)C(C)C)[C@@H](C)CC)C(=O)N[C@H](C(=O)N[C@@H](CCCN=C(N)N)C(=O)N1CCC[C@H]1C(=O)NCC)[C@@H](C)CC. The number of amides is 8.